The summed E-state index contributed by atoms with van der Waals surface area (Å²) in [5, 5.41) is -0.0459. The molecule has 1 aromatic rings. The first-order valence-corrected chi connectivity index (χ1v) is 6.95. The molecule has 0 aliphatic carbocycles. The Kier molecular flexibility index (Phi) is 4.47. The number of rotatable bonds is 4. The van der Waals surface area contributed by atoms with Crippen molar-refractivity contribution in [2.45, 2.75) is 38.6 Å². The maximum absolute atomic E-state index is 12.0. The Morgan fingerprint density at radius 3 is 2.89 bits per heavy atom. The van der Waals surface area contributed by atoms with E-state index in [-0.39, 0.29) is 10.3 Å². The molecular weight excluding hydrogens is 291 g/mol. The predicted molar refractivity (Wildman–Crippen MR) is 71.7 cm³/mol. The van der Waals surface area contributed by atoms with E-state index >= 15 is 0 Å². The maximum Gasteiger partial charge on any atom is 0.329 e. The van der Waals surface area contributed by atoms with E-state index in [1.54, 1.807) is 0 Å². The summed E-state index contributed by atoms with van der Waals surface area (Å²) in [7, 11) is 0. The third-order valence-corrected chi connectivity index (χ3v) is 3.65. The Labute approximate surface area is 120 Å². The first-order chi connectivity index (χ1) is 9.06. The van der Waals surface area contributed by atoms with Crippen molar-refractivity contribution >= 4 is 29.2 Å². The molecule has 19 heavy (non-hydrogen) atoms. The molecule has 104 valence electrons. The van der Waals surface area contributed by atoms with Gasteiger partial charge in [-0.1, -0.05) is 36.5 Å². The molecule has 1 aromatic heterocycles. The molecule has 0 unspecified atom stereocenters. The smallest absolute Gasteiger partial charge is 0.329 e. The summed E-state index contributed by atoms with van der Waals surface area (Å²) in [5.41, 5.74) is 0.0597. The van der Waals surface area contributed by atoms with Crippen molar-refractivity contribution in [3.8, 4) is 0 Å². The summed E-state index contributed by atoms with van der Waals surface area (Å²) in [6.07, 6.45) is 2.75. The number of nitrogens with zero attached hydrogens (tertiary/aromatic N) is 2. The summed E-state index contributed by atoms with van der Waals surface area (Å²) < 4.78 is 6.46. The van der Waals surface area contributed by atoms with Crippen LogP contribution >= 0.6 is 23.2 Å². The fourth-order valence-electron chi connectivity index (χ4n) is 2.11. The van der Waals surface area contributed by atoms with Gasteiger partial charge in [-0.15, -0.1) is 0 Å². The third-order valence-electron chi connectivity index (χ3n) is 3.10. The zero-order valence-corrected chi connectivity index (χ0v) is 12.0. The van der Waals surface area contributed by atoms with Gasteiger partial charge in [0.05, 0.1) is 12.3 Å². The van der Waals surface area contributed by atoms with E-state index in [2.05, 4.69) is 4.98 Å². The third kappa shape index (κ3) is 2.77. The molecule has 2 rings (SSSR count). The Morgan fingerprint density at radius 1 is 1.47 bits per heavy atom. The Morgan fingerprint density at radius 2 is 2.21 bits per heavy atom. The molecule has 1 aliphatic rings. The highest BCUT2D eigenvalue weighted by Crippen LogP contribution is 2.29. The second-order valence-electron chi connectivity index (χ2n) is 4.39. The first kappa shape index (κ1) is 14.3. The number of fused-ring (bicyclic) bond motifs is 1. The van der Waals surface area contributed by atoms with Crippen LogP contribution in [0.15, 0.2) is 4.79 Å². The van der Waals surface area contributed by atoms with Crippen molar-refractivity contribution in [1.82, 2.24) is 9.55 Å². The van der Waals surface area contributed by atoms with E-state index in [1.165, 1.54) is 4.57 Å². The summed E-state index contributed by atoms with van der Waals surface area (Å²) >= 11 is 11.6. The number of esters is 1. The first-order valence-electron chi connectivity index (χ1n) is 6.19. The quantitative estimate of drug-likeness (QED) is 0.633. The second-order valence-corrected chi connectivity index (χ2v) is 5.11. The van der Waals surface area contributed by atoms with Crippen molar-refractivity contribution in [3.63, 3.8) is 0 Å². The van der Waals surface area contributed by atoms with Gasteiger partial charge in [0.2, 0.25) is 0 Å². The van der Waals surface area contributed by atoms with Crippen LogP contribution < -0.4 is 5.56 Å². The number of ether oxygens (including phenoxy) is 1. The van der Waals surface area contributed by atoms with Gasteiger partial charge >= 0.3 is 5.97 Å². The van der Waals surface area contributed by atoms with E-state index in [0.717, 1.165) is 12.8 Å². The van der Waals surface area contributed by atoms with E-state index in [1.807, 2.05) is 6.92 Å². The fourth-order valence-corrected chi connectivity index (χ4v) is 2.60. The van der Waals surface area contributed by atoms with E-state index in [0.29, 0.717) is 25.1 Å². The number of halogens is 2. The van der Waals surface area contributed by atoms with Gasteiger partial charge in [-0.05, 0) is 19.3 Å². The molecule has 0 aromatic carbocycles. The van der Waals surface area contributed by atoms with E-state index in [4.69, 9.17) is 27.9 Å². The van der Waals surface area contributed by atoms with E-state index < -0.39 is 17.6 Å². The van der Waals surface area contributed by atoms with Crippen LogP contribution in [0, 0.1) is 0 Å². The van der Waals surface area contributed by atoms with Gasteiger partial charge in [0.1, 0.15) is 6.04 Å². The second kappa shape index (κ2) is 5.92. The summed E-state index contributed by atoms with van der Waals surface area (Å²) in [4.78, 5) is 27.7. The molecule has 1 aliphatic heterocycles. The average Bonchev–Trinajstić information content (AvgIpc) is 2.81. The molecule has 0 spiro atoms. The lowest BCUT2D eigenvalue weighted by Gasteiger charge is -2.14. The maximum atomic E-state index is 12.0. The molecule has 0 radical (unpaired) electrons. The van der Waals surface area contributed by atoms with Gasteiger partial charge in [-0.2, -0.15) is 0 Å². The van der Waals surface area contributed by atoms with Crippen LogP contribution in [-0.2, 0) is 16.0 Å². The molecule has 7 heteroatoms. The van der Waals surface area contributed by atoms with Crippen molar-refractivity contribution in [2.75, 3.05) is 6.61 Å². The highest BCUT2D eigenvalue weighted by Gasteiger charge is 2.33. The van der Waals surface area contributed by atoms with Crippen LogP contribution in [0.1, 0.15) is 37.9 Å². The Hall–Kier alpha value is -1.07. The van der Waals surface area contributed by atoms with Crippen LogP contribution in [0.3, 0.4) is 0 Å². The minimum Gasteiger partial charge on any atom is -0.464 e. The van der Waals surface area contributed by atoms with Crippen molar-refractivity contribution in [2.24, 2.45) is 0 Å². The van der Waals surface area contributed by atoms with Gasteiger partial charge in [0.15, 0.2) is 10.3 Å². The summed E-state index contributed by atoms with van der Waals surface area (Å²) in [5.74, 6) is -0.410. The number of hydrogen-bond donors (Lipinski definition) is 0. The SMILES string of the molecule is CCCCOC(=O)[C@@H]1CCc2c(Cl)nc(Cl)c(=O)n21. The normalized spacial score (nSPS) is 17.3. The summed E-state index contributed by atoms with van der Waals surface area (Å²) in [6.45, 7) is 2.37. The lowest BCUT2D eigenvalue weighted by atomic mass is 10.2. The van der Waals surface area contributed by atoms with Crippen molar-refractivity contribution in [1.29, 1.82) is 0 Å². The summed E-state index contributed by atoms with van der Waals surface area (Å²) in [6, 6.07) is -0.641. The van der Waals surface area contributed by atoms with Crippen LogP contribution in [0.4, 0.5) is 0 Å². The number of unbranched alkanes of at least 4 members (excludes halogenated alkanes) is 1. The average molecular weight is 305 g/mol. The number of carbonyl (C=O) groups excluding carboxylic acids is 1. The number of hydrogen-bond acceptors (Lipinski definition) is 4. The molecule has 0 saturated carbocycles. The molecule has 0 bridgehead atoms. The Bertz CT molecular complexity index is 557. The molecule has 5 nitrogen and oxygen atoms in total. The molecule has 0 saturated heterocycles. The molecule has 0 fully saturated rings. The largest absolute Gasteiger partial charge is 0.464 e. The lowest BCUT2D eigenvalue weighted by Crippen LogP contribution is -2.30. The van der Waals surface area contributed by atoms with Gasteiger partial charge in [-0.3, -0.25) is 9.36 Å². The fraction of sp³-hybridized carbons (Fsp3) is 0.583. The standard InChI is InChI=1S/C12H14Cl2N2O3/c1-2-3-6-19-12(18)8-5-4-7-9(13)15-10(14)11(17)16(7)8/h8H,2-6H2,1H3/t8-/m0/s1. The van der Waals surface area contributed by atoms with Crippen LogP contribution in [-0.4, -0.2) is 22.1 Å². The zero-order valence-electron chi connectivity index (χ0n) is 10.5. The number of aromatic nitrogens is 2. The monoisotopic (exact) mass is 304 g/mol. The van der Waals surface area contributed by atoms with Crippen LogP contribution in [0.5, 0.6) is 0 Å². The highest BCUT2D eigenvalue weighted by molar-refractivity contribution is 6.32. The van der Waals surface area contributed by atoms with Gasteiger partial charge < -0.3 is 4.74 Å². The molecule has 2 heterocycles. The van der Waals surface area contributed by atoms with Crippen LogP contribution in [0.2, 0.25) is 10.3 Å². The topological polar surface area (TPSA) is 61.2 Å². The van der Waals surface area contributed by atoms with Crippen molar-refractivity contribution in [3.05, 3.63) is 26.4 Å². The van der Waals surface area contributed by atoms with Crippen molar-refractivity contribution < 1.29 is 9.53 Å². The van der Waals surface area contributed by atoms with Crippen LogP contribution in [0.25, 0.3) is 0 Å². The zero-order chi connectivity index (χ0) is 14.0. The minimum absolute atomic E-state index is 0.174. The lowest BCUT2D eigenvalue weighted by molar-refractivity contribution is -0.147. The highest BCUT2D eigenvalue weighted by atomic mass is 35.5. The van der Waals surface area contributed by atoms with E-state index in [9.17, 15) is 9.59 Å². The van der Waals surface area contributed by atoms with Gasteiger partial charge in [0, 0.05) is 0 Å². The molecule has 1 atom stereocenters. The van der Waals surface area contributed by atoms with Gasteiger partial charge in [-0.25, -0.2) is 9.78 Å². The predicted octanol–water partition coefficient (Wildman–Crippen LogP) is 2.38. The molecule has 0 N–H and O–H groups in total. The Balaban J connectivity index is 2.26. The number of carbonyl (C=O) groups is 1. The molecule has 0 amide bonds. The minimum atomic E-state index is -0.641. The molecular formula is C12H14Cl2N2O3. The van der Waals surface area contributed by atoms with Gasteiger partial charge in [0.25, 0.3) is 5.56 Å².